The molecule has 0 heterocycles. The van der Waals surface area contributed by atoms with Gasteiger partial charge in [-0.15, -0.1) is 0 Å². The number of unbranched alkanes of at least 4 members (excludes halogenated alkanes) is 1. The second-order valence-electron chi connectivity index (χ2n) is 4.22. The standard InChI is InChI=1S/C12H16N4O5/c13-11(17)8-3-4-9(10(7-8)16(20)21)14-5-1-2-6-15-12(18)19/h3-4,7,14-15H,1-2,5-6H2,(H2,13,17)(H,18,19). The third-order valence-electron chi connectivity index (χ3n) is 2.67. The number of nitrogens with two attached hydrogens (primary N) is 1. The zero-order valence-corrected chi connectivity index (χ0v) is 11.2. The number of hydrogen-bond donors (Lipinski definition) is 4. The Morgan fingerprint density at radius 2 is 1.95 bits per heavy atom. The quantitative estimate of drug-likeness (QED) is 0.321. The molecule has 0 radical (unpaired) electrons. The van der Waals surface area contributed by atoms with Crippen molar-refractivity contribution in [2.45, 2.75) is 12.8 Å². The number of nitrogens with zero attached hydrogens (tertiary/aromatic N) is 1. The molecule has 0 bridgehead atoms. The fourth-order valence-corrected chi connectivity index (χ4v) is 1.65. The number of nitro benzene ring substituents is 1. The molecule has 0 spiro atoms. The molecule has 1 aromatic rings. The van der Waals surface area contributed by atoms with Gasteiger partial charge in [-0.3, -0.25) is 14.9 Å². The summed E-state index contributed by atoms with van der Waals surface area (Å²) in [5.74, 6) is -0.732. The number of carboxylic acid groups (broad SMARTS) is 1. The normalized spacial score (nSPS) is 9.90. The van der Waals surface area contributed by atoms with Crippen molar-refractivity contribution in [1.29, 1.82) is 0 Å². The average molecular weight is 296 g/mol. The minimum Gasteiger partial charge on any atom is -0.465 e. The maximum atomic E-state index is 11.0. The molecule has 5 N–H and O–H groups in total. The summed E-state index contributed by atoms with van der Waals surface area (Å²) in [6.07, 6.45) is 0.155. The number of nitrogens with one attached hydrogen (secondary N) is 2. The highest BCUT2D eigenvalue weighted by molar-refractivity contribution is 5.94. The predicted molar refractivity (Wildman–Crippen MR) is 75.4 cm³/mol. The van der Waals surface area contributed by atoms with Crippen molar-refractivity contribution in [3.63, 3.8) is 0 Å². The molecule has 0 aliphatic carbocycles. The second kappa shape index (κ2) is 7.68. The van der Waals surface area contributed by atoms with E-state index in [1.165, 1.54) is 12.1 Å². The van der Waals surface area contributed by atoms with Crippen molar-refractivity contribution < 1.29 is 19.6 Å². The molecule has 9 nitrogen and oxygen atoms in total. The van der Waals surface area contributed by atoms with Crippen LogP contribution in [0.15, 0.2) is 18.2 Å². The number of carbonyl (C=O) groups is 2. The second-order valence-corrected chi connectivity index (χ2v) is 4.22. The molecule has 1 rings (SSSR count). The first-order valence-corrected chi connectivity index (χ1v) is 6.20. The minimum absolute atomic E-state index is 0.0675. The Labute approximate surface area is 120 Å². The summed E-state index contributed by atoms with van der Waals surface area (Å²) in [5, 5.41) is 24.4. The van der Waals surface area contributed by atoms with E-state index in [2.05, 4.69) is 10.6 Å². The SMILES string of the molecule is NC(=O)c1ccc(NCCCCNC(=O)O)c([N+](=O)[O-])c1. The van der Waals surface area contributed by atoms with Crippen LogP contribution in [-0.4, -0.2) is 35.1 Å². The minimum atomic E-state index is -1.08. The van der Waals surface area contributed by atoms with Gasteiger partial charge in [0, 0.05) is 24.7 Å². The number of anilines is 1. The van der Waals surface area contributed by atoms with Gasteiger partial charge in [0.25, 0.3) is 5.69 Å². The molecule has 0 aliphatic rings. The fourth-order valence-electron chi connectivity index (χ4n) is 1.65. The number of hydrogen-bond acceptors (Lipinski definition) is 5. The number of rotatable bonds is 8. The summed E-state index contributed by atoms with van der Waals surface area (Å²) in [5.41, 5.74) is 5.20. The van der Waals surface area contributed by atoms with Gasteiger partial charge >= 0.3 is 6.09 Å². The van der Waals surface area contributed by atoms with Crippen molar-refractivity contribution >= 4 is 23.4 Å². The van der Waals surface area contributed by atoms with Gasteiger partial charge in [0.1, 0.15) is 5.69 Å². The Morgan fingerprint density at radius 1 is 1.29 bits per heavy atom. The lowest BCUT2D eigenvalue weighted by molar-refractivity contribution is -0.384. The number of amides is 2. The Bertz CT molecular complexity index is 546. The molecule has 0 saturated carbocycles. The van der Waals surface area contributed by atoms with Gasteiger partial charge < -0.3 is 21.5 Å². The molecule has 9 heteroatoms. The largest absolute Gasteiger partial charge is 0.465 e. The first kappa shape index (κ1) is 16.2. The lowest BCUT2D eigenvalue weighted by Gasteiger charge is -2.08. The molecular weight excluding hydrogens is 280 g/mol. The van der Waals surface area contributed by atoms with Crippen molar-refractivity contribution in [2.75, 3.05) is 18.4 Å². The van der Waals surface area contributed by atoms with Gasteiger partial charge in [0.05, 0.1) is 4.92 Å². The van der Waals surface area contributed by atoms with E-state index < -0.39 is 16.9 Å². The van der Waals surface area contributed by atoms with Crippen LogP contribution in [0.1, 0.15) is 23.2 Å². The highest BCUT2D eigenvalue weighted by Crippen LogP contribution is 2.25. The van der Waals surface area contributed by atoms with Crippen molar-refractivity contribution in [2.24, 2.45) is 5.73 Å². The summed E-state index contributed by atoms with van der Waals surface area (Å²) >= 11 is 0. The number of benzene rings is 1. The van der Waals surface area contributed by atoms with Crippen LogP contribution in [0.2, 0.25) is 0 Å². The van der Waals surface area contributed by atoms with Crippen LogP contribution in [-0.2, 0) is 0 Å². The molecule has 0 fully saturated rings. The highest BCUT2D eigenvalue weighted by atomic mass is 16.6. The highest BCUT2D eigenvalue weighted by Gasteiger charge is 2.16. The Morgan fingerprint density at radius 3 is 2.52 bits per heavy atom. The van der Waals surface area contributed by atoms with Gasteiger partial charge in [-0.05, 0) is 25.0 Å². The Kier molecular flexibility index (Phi) is 5.93. The summed E-state index contributed by atoms with van der Waals surface area (Å²) < 4.78 is 0. The molecule has 0 atom stereocenters. The molecule has 0 aromatic heterocycles. The summed E-state index contributed by atoms with van der Waals surface area (Å²) in [6.45, 7) is 0.762. The van der Waals surface area contributed by atoms with E-state index in [9.17, 15) is 19.7 Å². The van der Waals surface area contributed by atoms with Crippen LogP contribution in [0.5, 0.6) is 0 Å². The molecule has 0 aliphatic heterocycles. The number of carbonyl (C=O) groups excluding carboxylic acids is 1. The van der Waals surface area contributed by atoms with Gasteiger partial charge in [0.2, 0.25) is 5.91 Å². The molecule has 21 heavy (non-hydrogen) atoms. The molecule has 0 unspecified atom stereocenters. The van der Waals surface area contributed by atoms with E-state index in [0.29, 0.717) is 25.9 Å². The maximum absolute atomic E-state index is 11.0. The van der Waals surface area contributed by atoms with Crippen molar-refractivity contribution in [1.82, 2.24) is 5.32 Å². The first-order chi connectivity index (χ1) is 9.91. The predicted octanol–water partition coefficient (Wildman–Crippen LogP) is 1.15. The van der Waals surface area contributed by atoms with Crippen LogP contribution in [0, 0.1) is 10.1 Å². The molecule has 114 valence electrons. The van der Waals surface area contributed by atoms with Gasteiger partial charge in [-0.1, -0.05) is 0 Å². The van der Waals surface area contributed by atoms with E-state index in [4.69, 9.17) is 10.8 Å². The smallest absolute Gasteiger partial charge is 0.404 e. The Hall–Kier alpha value is -2.84. The molecular formula is C12H16N4O5. The van der Waals surface area contributed by atoms with Gasteiger partial charge in [0.15, 0.2) is 0 Å². The molecule has 0 saturated heterocycles. The lowest BCUT2D eigenvalue weighted by atomic mass is 10.1. The van der Waals surface area contributed by atoms with Crippen molar-refractivity contribution in [3.8, 4) is 0 Å². The van der Waals surface area contributed by atoms with Crippen LogP contribution in [0.25, 0.3) is 0 Å². The maximum Gasteiger partial charge on any atom is 0.404 e. The van der Waals surface area contributed by atoms with E-state index in [0.717, 1.165) is 6.07 Å². The first-order valence-electron chi connectivity index (χ1n) is 6.20. The van der Waals surface area contributed by atoms with Crippen molar-refractivity contribution in [3.05, 3.63) is 33.9 Å². The zero-order valence-electron chi connectivity index (χ0n) is 11.2. The van der Waals surface area contributed by atoms with Gasteiger partial charge in [-0.25, -0.2) is 4.79 Å². The summed E-state index contributed by atoms with van der Waals surface area (Å²) in [4.78, 5) is 31.6. The summed E-state index contributed by atoms with van der Waals surface area (Å²) in [7, 11) is 0. The van der Waals surface area contributed by atoms with E-state index in [1.807, 2.05) is 0 Å². The number of nitro groups is 1. The third kappa shape index (κ3) is 5.35. The number of primary amides is 1. The topological polar surface area (TPSA) is 148 Å². The lowest BCUT2D eigenvalue weighted by Crippen LogP contribution is -2.22. The summed E-state index contributed by atoms with van der Waals surface area (Å²) in [6, 6.07) is 3.95. The van der Waals surface area contributed by atoms with Crippen LogP contribution in [0.3, 0.4) is 0 Å². The van der Waals surface area contributed by atoms with E-state index >= 15 is 0 Å². The monoisotopic (exact) mass is 296 g/mol. The van der Waals surface area contributed by atoms with Gasteiger partial charge in [-0.2, -0.15) is 0 Å². The average Bonchev–Trinajstić information content (AvgIpc) is 2.42. The van der Waals surface area contributed by atoms with E-state index in [-0.39, 0.29) is 16.9 Å². The van der Waals surface area contributed by atoms with Crippen LogP contribution < -0.4 is 16.4 Å². The van der Waals surface area contributed by atoms with E-state index in [1.54, 1.807) is 0 Å². The van der Waals surface area contributed by atoms with Crippen LogP contribution >= 0.6 is 0 Å². The third-order valence-corrected chi connectivity index (χ3v) is 2.67. The molecule has 1 aromatic carbocycles. The zero-order chi connectivity index (χ0) is 15.8. The fraction of sp³-hybridized carbons (Fsp3) is 0.333. The Balaban J connectivity index is 2.56. The van der Waals surface area contributed by atoms with Crippen LogP contribution in [0.4, 0.5) is 16.2 Å². The molecule has 2 amide bonds.